The first-order valence-electron chi connectivity index (χ1n) is 4.16. The molecule has 0 spiro atoms. The lowest BCUT2D eigenvalue weighted by Gasteiger charge is -2.27. The summed E-state index contributed by atoms with van der Waals surface area (Å²) in [7, 11) is 0. The maximum atomic E-state index is 12.9. The maximum Gasteiger partial charge on any atom is 0.152 e. The van der Waals surface area contributed by atoms with Crippen LogP contribution in [0.15, 0.2) is 12.1 Å². The van der Waals surface area contributed by atoms with Crippen LogP contribution >= 0.6 is 0 Å². The van der Waals surface area contributed by atoms with Crippen LogP contribution in [0.2, 0.25) is 0 Å². The Morgan fingerprint density at radius 3 is 2.64 bits per heavy atom. The highest BCUT2D eigenvalue weighted by atomic mass is 19.1. The van der Waals surface area contributed by atoms with E-state index < -0.39 is 11.6 Å². The van der Waals surface area contributed by atoms with Crippen molar-refractivity contribution in [3.8, 4) is 5.75 Å². The van der Waals surface area contributed by atoms with Crippen molar-refractivity contribution in [1.29, 1.82) is 0 Å². The molecule has 0 aliphatic carbocycles. The van der Waals surface area contributed by atoms with E-state index in [1.54, 1.807) is 0 Å². The van der Waals surface area contributed by atoms with E-state index in [-0.39, 0.29) is 17.5 Å². The zero-order valence-electron chi connectivity index (χ0n) is 7.30. The standard InChI is InChI=1S/C9H9F2NO2/c10-5-1-7(11)9(12)8(2-5)14-6-3-13-4-6/h1-2,6H,3-4,12H2. The van der Waals surface area contributed by atoms with E-state index >= 15 is 0 Å². The summed E-state index contributed by atoms with van der Waals surface area (Å²) in [5.41, 5.74) is 5.20. The Balaban J connectivity index is 2.22. The number of halogens is 2. The highest BCUT2D eigenvalue weighted by molar-refractivity contribution is 5.53. The molecule has 2 N–H and O–H groups in total. The SMILES string of the molecule is Nc1c(F)cc(F)cc1OC1COC1. The van der Waals surface area contributed by atoms with Gasteiger partial charge in [-0.3, -0.25) is 0 Å². The third-order valence-corrected chi connectivity index (χ3v) is 1.96. The second-order valence-corrected chi connectivity index (χ2v) is 3.08. The van der Waals surface area contributed by atoms with Crippen LogP contribution in [-0.2, 0) is 4.74 Å². The van der Waals surface area contributed by atoms with E-state index in [4.69, 9.17) is 15.2 Å². The predicted octanol–water partition coefficient (Wildman–Crippen LogP) is 1.32. The van der Waals surface area contributed by atoms with Crippen molar-refractivity contribution in [1.82, 2.24) is 0 Å². The Bertz CT molecular complexity index is 353. The van der Waals surface area contributed by atoms with Gasteiger partial charge in [-0.2, -0.15) is 0 Å². The van der Waals surface area contributed by atoms with Crippen LogP contribution in [0.5, 0.6) is 5.75 Å². The minimum Gasteiger partial charge on any atom is -0.483 e. The minimum absolute atomic E-state index is 0.0378. The van der Waals surface area contributed by atoms with E-state index in [1.165, 1.54) is 0 Å². The summed E-state index contributed by atoms with van der Waals surface area (Å²) in [6.45, 7) is 0.856. The molecule has 0 bridgehead atoms. The lowest BCUT2D eigenvalue weighted by molar-refractivity contribution is -0.0795. The molecule has 14 heavy (non-hydrogen) atoms. The van der Waals surface area contributed by atoms with Crippen molar-refractivity contribution in [3.05, 3.63) is 23.8 Å². The number of nitrogen functional groups attached to an aromatic ring is 1. The molecule has 0 atom stereocenters. The summed E-state index contributed by atoms with van der Waals surface area (Å²) >= 11 is 0. The average molecular weight is 201 g/mol. The van der Waals surface area contributed by atoms with Crippen LogP contribution in [0, 0.1) is 11.6 Å². The number of hydrogen-bond acceptors (Lipinski definition) is 3. The molecule has 1 fully saturated rings. The second-order valence-electron chi connectivity index (χ2n) is 3.08. The molecular weight excluding hydrogens is 192 g/mol. The molecular formula is C9H9F2NO2. The molecule has 1 heterocycles. The molecule has 2 rings (SSSR count). The first-order chi connectivity index (χ1) is 6.66. The molecule has 1 saturated heterocycles. The number of anilines is 1. The van der Waals surface area contributed by atoms with Gasteiger partial charge in [0.15, 0.2) is 5.82 Å². The van der Waals surface area contributed by atoms with Gasteiger partial charge in [-0.1, -0.05) is 0 Å². The first-order valence-corrected chi connectivity index (χ1v) is 4.16. The van der Waals surface area contributed by atoms with Crippen molar-refractivity contribution in [2.24, 2.45) is 0 Å². The van der Waals surface area contributed by atoms with Crippen molar-refractivity contribution in [3.63, 3.8) is 0 Å². The van der Waals surface area contributed by atoms with E-state index in [2.05, 4.69) is 0 Å². The molecule has 0 aromatic heterocycles. The number of nitrogens with two attached hydrogens (primary N) is 1. The number of rotatable bonds is 2. The third kappa shape index (κ3) is 1.63. The lowest BCUT2D eigenvalue weighted by atomic mass is 10.2. The maximum absolute atomic E-state index is 12.9. The van der Waals surface area contributed by atoms with Crippen LogP contribution in [0.3, 0.4) is 0 Å². The Hall–Kier alpha value is -1.36. The van der Waals surface area contributed by atoms with Crippen LogP contribution in [0.4, 0.5) is 14.5 Å². The van der Waals surface area contributed by atoms with E-state index in [1.807, 2.05) is 0 Å². The van der Waals surface area contributed by atoms with Crippen LogP contribution in [-0.4, -0.2) is 19.3 Å². The molecule has 3 nitrogen and oxygen atoms in total. The van der Waals surface area contributed by atoms with Gasteiger partial charge in [-0.15, -0.1) is 0 Å². The second kappa shape index (κ2) is 3.42. The predicted molar refractivity (Wildman–Crippen MR) is 46.0 cm³/mol. The Morgan fingerprint density at radius 1 is 1.36 bits per heavy atom. The molecule has 0 saturated carbocycles. The van der Waals surface area contributed by atoms with Gasteiger partial charge >= 0.3 is 0 Å². The van der Waals surface area contributed by atoms with Gasteiger partial charge in [-0.25, -0.2) is 8.78 Å². The normalized spacial score (nSPS) is 16.4. The monoisotopic (exact) mass is 201 g/mol. The fraction of sp³-hybridized carbons (Fsp3) is 0.333. The van der Waals surface area contributed by atoms with Gasteiger partial charge < -0.3 is 15.2 Å². The van der Waals surface area contributed by atoms with Crippen molar-refractivity contribution in [2.75, 3.05) is 18.9 Å². The number of benzene rings is 1. The molecule has 1 aliphatic rings. The molecule has 1 aromatic carbocycles. The number of hydrogen-bond donors (Lipinski definition) is 1. The lowest BCUT2D eigenvalue weighted by Crippen LogP contribution is -2.38. The van der Waals surface area contributed by atoms with Gasteiger partial charge in [0.05, 0.1) is 13.2 Å². The van der Waals surface area contributed by atoms with Gasteiger partial charge in [0.2, 0.25) is 0 Å². The quantitative estimate of drug-likeness (QED) is 0.734. The van der Waals surface area contributed by atoms with Gasteiger partial charge in [0, 0.05) is 12.1 Å². The molecule has 1 aliphatic heterocycles. The Kier molecular flexibility index (Phi) is 2.25. The number of ether oxygens (including phenoxy) is 2. The van der Waals surface area contributed by atoms with E-state index in [0.717, 1.165) is 12.1 Å². The summed E-state index contributed by atoms with van der Waals surface area (Å²) in [6, 6.07) is 1.79. The first kappa shape index (κ1) is 9.21. The summed E-state index contributed by atoms with van der Waals surface area (Å²) in [5.74, 6) is -1.47. The smallest absolute Gasteiger partial charge is 0.152 e. The molecule has 0 radical (unpaired) electrons. The molecule has 5 heteroatoms. The summed E-state index contributed by atoms with van der Waals surface area (Å²) in [5, 5.41) is 0. The Labute approximate surface area is 79.4 Å². The Morgan fingerprint density at radius 2 is 2.07 bits per heavy atom. The van der Waals surface area contributed by atoms with Gasteiger partial charge in [0.25, 0.3) is 0 Å². The van der Waals surface area contributed by atoms with Crippen LogP contribution in [0.1, 0.15) is 0 Å². The summed E-state index contributed by atoms with van der Waals surface area (Å²) in [6.07, 6.45) is -0.154. The largest absolute Gasteiger partial charge is 0.483 e. The summed E-state index contributed by atoms with van der Waals surface area (Å²) < 4.78 is 35.8. The van der Waals surface area contributed by atoms with Crippen molar-refractivity contribution >= 4 is 5.69 Å². The van der Waals surface area contributed by atoms with Gasteiger partial charge in [-0.05, 0) is 0 Å². The average Bonchev–Trinajstić information content (AvgIpc) is 2.05. The van der Waals surface area contributed by atoms with E-state index in [0.29, 0.717) is 13.2 Å². The van der Waals surface area contributed by atoms with E-state index in [9.17, 15) is 8.78 Å². The zero-order chi connectivity index (χ0) is 10.1. The highest BCUT2D eigenvalue weighted by Crippen LogP contribution is 2.27. The molecule has 1 aromatic rings. The summed E-state index contributed by atoms with van der Waals surface area (Å²) in [4.78, 5) is 0. The topological polar surface area (TPSA) is 44.5 Å². The van der Waals surface area contributed by atoms with Gasteiger partial charge in [0.1, 0.15) is 23.4 Å². The highest BCUT2D eigenvalue weighted by Gasteiger charge is 2.22. The zero-order valence-corrected chi connectivity index (χ0v) is 7.30. The fourth-order valence-electron chi connectivity index (χ4n) is 1.12. The van der Waals surface area contributed by atoms with Crippen molar-refractivity contribution in [2.45, 2.75) is 6.10 Å². The van der Waals surface area contributed by atoms with Crippen molar-refractivity contribution < 1.29 is 18.3 Å². The molecule has 0 unspecified atom stereocenters. The van der Waals surface area contributed by atoms with Crippen LogP contribution in [0.25, 0.3) is 0 Å². The molecule has 0 amide bonds. The van der Waals surface area contributed by atoms with Crippen LogP contribution < -0.4 is 10.5 Å². The third-order valence-electron chi connectivity index (χ3n) is 1.96. The minimum atomic E-state index is -0.805. The fourth-order valence-corrected chi connectivity index (χ4v) is 1.12. The molecule has 76 valence electrons.